The summed E-state index contributed by atoms with van der Waals surface area (Å²) in [4.78, 5) is 16.8. The lowest BCUT2D eigenvalue weighted by atomic mass is 9.93. The van der Waals surface area contributed by atoms with Crippen molar-refractivity contribution in [1.82, 2.24) is 14.8 Å². The fourth-order valence-corrected chi connectivity index (χ4v) is 6.30. The molecule has 0 bridgehead atoms. The maximum atomic E-state index is 11.8. The van der Waals surface area contributed by atoms with Crippen LogP contribution in [-0.4, -0.2) is 39.1 Å². The van der Waals surface area contributed by atoms with Crippen molar-refractivity contribution in [3.63, 3.8) is 0 Å². The first-order valence-corrected chi connectivity index (χ1v) is 13.2. The lowest BCUT2D eigenvalue weighted by Gasteiger charge is -2.13. The van der Waals surface area contributed by atoms with Gasteiger partial charge >= 0.3 is 5.97 Å². The molecule has 0 spiro atoms. The Bertz CT molecular complexity index is 1720. The van der Waals surface area contributed by atoms with E-state index in [9.17, 15) is 9.90 Å². The Morgan fingerprint density at radius 3 is 2.68 bits per heavy atom. The number of carbonyl (C=O) groups is 1. The second kappa shape index (κ2) is 9.41. The molecule has 5 aromatic rings. The Balaban J connectivity index is 1.54. The molecule has 1 N–H and O–H groups in total. The molecule has 0 saturated heterocycles. The zero-order valence-corrected chi connectivity index (χ0v) is 22.0. The van der Waals surface area contributed by atoms with Gasteiger partial charge in [0.2, 0.25) is 0 Å². The normalized spacial score (nSPS) is 13.9. The molecule has 3 heterocycles. The summed E-state index contributed by atoms with van der Waals surface area (Å²) in [5.41, 5.74) is 8.68. The maximum Gasteiger partial charge on any atom is 0.307 e. The van der Waals surface area contributed by atoms with E-state index >= 15 is 0 Å². The van der Waals surface area contributed by atoms with Crippen LogP contribution in [0.2, 0.25) is 5.02 Å². The van der Waals surface area contributed by atoms with Crippen LogP contribution in [0.4, 0.5) is 0 Å². The molecule has 0 aliphatic carbocycles. The van der Waals surface area contributed by atoms with Crippen LogP contribution in [0.5, 0.6) is 0 Å². The number of hydrogen-bond donors (Lipinski definition) is 1. The number of carboxylic acids is 1. The minimum atomic E-state index is -0.862. The maximum absolute atomic E-state index is 11.8. The van der Waals surface area contributed by atoms with Crippen LogP contribution in [0.3, 0.4) is 0 Å². The van der Waals surface area contributed by atoms with Crippen molar-refractivity contribution in [2.24, 2.45) is 7.05 Å². The second-order valence-corrected chi connectivity index (χ2v) is 10.7. The molecule has 0 amide bonds. The molecule has 3 aromatic carbocycles. The van der Waals surface area contributed by atoms with Gasteiger partial charge in [-0.15, -0.1) is 11.3 Å². The highest BCUT2D eigenvalue weighted by Crippen LogP contribution is 2.42. The van der Waals surface area contributed by atoms with Crippen LogP contribution < -0.4 is 0 Å². The van der Waals surface area contributed by atoms with Gasteiger partial charge in [-0.2, -0.15) is 5.10 Å². The molecule has 0 fully saturated rings. The number of nitrogens with zero attached hydrogens (tertiary/aromatic N) is 3. The van der Waals surface area contributed by atoms with Gasteiger partial charge < -0.3 is 9.84 Å². The monoisotopic (exact) mass is 529 g/mol. The highest BCUT2D eigenvalue weighted by Gasteiger charge is 2.21. The van der Waals surface area contributed by atoms with Crippen molar-refractivity contribution in [2.75, 3.05) is 13.2 Å². The number of halogens is 1. The Morgan fingerprint density at radius 2 is 1.95 bits per heavy atom. The van der Waals surface area contributed by atoms with Gasteiger partial charge in [0.25, 0.3) is 0 Å². The van der Waals surface area contributed by atoms with Crippen LogP contribution in [0.15, 0.2) is 54.6 Å². The van der Waals surface area contributed by atoms with Crippen LogP contribution in [0, 0.1) is 6.92 Å². The molecule has 0 radical (unpaired) electrons. The summed E-state index contributed by atoms with van der Waals surface area (Å²) in [5, 5.41) is 17.1. The minimum Gasteiger partial charge on any atom is -0.481 e. The molecule has 0 atom stereocenters. The zero-order chi connectivity index (χ0) is 25.7. The van der Waals surface area contributed by atoms with Crippen molar-refractivity contribution < 1.29 is 14.6 Å². The number of aromatic nitrogens is 3. The predicted octanol–water partition coefficient (Wildman–Crippen LogP) is 6.91. The SMILES string of the molecule is Cc1cc2nc(-c3ccc4c(c3)c(C3=CCOCC3)nn4C)sc2c(-c2ccc(Cl)cc2)c1CC(=O)O. The van der Waals surface area contributed by atoms with Gasteiger partial charge in [0, 0.05) is 28.6 Å². The lowest BCUT2D eigenvalue weighted by Crippen LogP contribution is -2.04. The number of benzene rings is 3. The molecular formula is C29H24ClN3O3S. The Hall–Kier alpha value is -3.52. The van der Waals surface area contributed by atoms with E-state index in [0.29, 0.717) is 18.2 Å². The molecule has 37 heavy (non-hydrogen) atoms. The molecule has 8 heteroatoms. The summed E-state index contributed by atoms with van der Waals surface area (Å²) < 4.78 is 8.39. The second-order valence-electron chi connectivity index (χ2n) is 9.25. The smallest absolute Gasteiger partial charge is 0.307 e. The molecule has 1 aliphatic heterocycles. The number of fused-ring (bicyclic) bond motifs is 2. The number of hydrogen-bond acceptors (Lipinski definition) is 5. The predicted molar refractivity (Wildman–Crippen MR) is 149 cm³/mol. The summed E-state index contributed by atoms with van der Waals surface area (Å²) in [7, 11) is 1.97. The van der Waals surface area contributed by atoms with Crippen molar-refractivity contribution in [1.29, 1.82) is 0 Å². The minimum absolute atomic E-state index is 0.0587. The van der Waals surface area contributed by atoms with E-state index in [1.807, 2.05) is 49.0 Å². The first kappa shape index (κ1) is 23.9. The molecule has 6 nitrogen and oxygen atoms in total. The van der Waals surface area contributed by atoms with E-state index < -0.39 is 5.97 Å². The van der Waals surface area contributed by atoms with Gasteiger partial charge in [-0.3, -0.25) is 9.48 Å². The first-order valence-electron chi connectivity index (χ1n) is 12.0. The summed E-state index contributed by atoms with van der Waals surface area (Å²) >= 11 is 7.74. The molecule has 186 valence electrons. The molecule has 1 aliphatic rings. The lowest BCUT2D eigenvalue weighted by molar-refractivity contribution is -0.136. The van der Waals surface area contributed by atoms with Gasteiger partial charge in [-0.25, -0.2) is 4.98 Å². The Kier molecular flexibility index (Phi) is 6.07. The van der Waals surface area contributed by atoms with E-state index in [4.69, 9.17) is 26.4 Å². The highest BCUT2D eigenvalue weighted by atomic mass is 35.5. The number of rotatable bonds is 5. The summed E-state index contributed by atoms with van der Waals surface area (Å²) in [6, 6.07) is 15.9. The van der Waals surface area contributed by atoms with E-state index in [0.717, 1.165) is 66.1 Å². The zero-order valence-electron chi connectivity index (χ0n) is 20.4. The topological polar surface area (TPSA) is 77.2 Å². The van der Waals surface area contributed by atoms with E-state index in [1.165, 1.54) is 5.57 Å². The molecule has 2 aromatic heterocycles. The third-order valence-corrected chi connectivity index (χ3v) is 8.23. The summed E-state index contributed by atoms with van der Waals surface area (Å²) in [6.45, 7) is 3.26. The van der Waals surface area contributed by atoms with Crippen LogP contribution in [-0.2, 0) is 23.0 Å². The number of aliphatic carboxylic acids is 1. The van der Waals surface area contributed by atoms with Crippen molar-refractivity contribution in [2.45, 2.75) is 19.8 Å². The van der Waals surface area contributed by atoms with E-state index in [2.05, 4.69) is 24.3 Å². The number of thiazole rings is 1. The third kappa shape index (κ3) is 4.33. The van der Waals surface area contributed by atoms with Gasteiger partial charge in [0.1, 0.15) is 5.01 Å². The van der Waals surface area contributed by atoms with Crippen LogP contribution in [0.1, 0.15) is 23.2 Å². The largest absolute Gasteiger partial charge is 0.481 e. The van der Waals surface area contributed by atoms with Gasteiger partial charge in [-0.1, -0.05) is 29.8 Å². The van der Waals surface area contributed by atoms with Crippen LogP contribution in [0.25, 0.3) is 48.4 Å². The Morgan fingerprint density at radius 1 is 1.16 bits per heavy atom. The van der Waals surface area contributed by atoms with Crippen molar-refractivity contribution in [3.05, 3.63) is 76.5 Å². The average Bonchev–Trinajstić information content (AvgIpc) is 3.46. The highest BCUT2D eigenvalue weighted by molar-refractivity contribution is 7.22. The van der Waals surface area contributed by atoms with Gasteiger partial charge in [0.15, 0.2) is 0 Å². The fraction of sp³-hybridized carbons (Fsp3) is 0.207. The van der Waals surface area contributed by atoms with Gasteiger partial charge in [-0.05, 0) is 72.0 Å². The fourth-order valence-electron chi connectivity index (χ4n) is 5.04. The van der Waals surface area contributed by atoms with Gasteiger partial charge in [0.05, 0.1) is 41.1 Å². The molecular weight excluding hydrogens is 506 g/mol. The summed E-state index contributed by atoms with van der Waals surface area (Å²) in [5.74, 6) is -0.862. The molecule has 0 saturated carbocycles. The molecule has 6 rings (SSSR count). The number of ether oxygens (including phenoxy) is 1. The first-order chi connectivity index (χ1) is 17.9. The standard InChI is InChI=1S/C29H24ClN3O3S/c1-16-13-23-28(26(21(16)15-25(34)35)17-3-6-20(30)7-4-17)37-29(31-23)19-5-8-24-22(14-19)27(32-33(24)2)18-9-11-36-12-10-18/h3-9,13-14H,10-12,15H2,1-2H3,(H,34,35). The number of carboxylic acid groups (broad SMARTS) is 1. The average molecular weight is 530 g/mol. The Labute approximate surface area is 222 Å². The summed E-state index contributed by atoms with van der Waals surface area (Å²) in [6.07, 6.45) is 2.89. The van der Waals surface area contributed by atoms with Crippen molar-refractivity contribution in [3.8, 4) is 21.7 Å². The third-order valence-electron chi connectivity index (χ3n) is 6.84. The number of aryl methyl sites for hydroxylation is 2. The quantitative estimate of drug-likeness (QED) is 0.267. The molecule has 0 unspecified atom stereocenters. The van der Waals surface area contributed by atoms with Crippen molar-refractivity contribution >= 4 is 55.6 Å². The van der Waals surface area contributed by atoms with E-state index in [-0.39, 0.29) is 6.42 Å². The van der Waals surface area contributed by atoms with Crippen LogP contribution >= 0.6 is 22.9 Å². The van der Waals surface area contributed by atoms with E-state index in [1.54, 1.807) is 11.3 Å².